The molecule has 1 aromatic carbocycles. The SMILES string of the molecule is CNC(=O)[C@H](O)CN[C@@H](C)c1ccc(S(C)(=O)=O)cc1. The van der Waals surface area contributed by atoms with Gasteiger partial charge in [0.05, 0.1) is 4.90 Å². The van der Waals surface area contributed by atoms with E-state index < -0.39 is 21.8 Å². The number of hydrogen-bond donors (Lipinski definition) is 3. The number of sulfone groups is 1. The van der Waals surface area contributed by atoms with Crippen LogP contribution in [0.3, 0.4) is 0 Å². The Balaban J connectivity index is 2.65. The van der Waals surface area contributed by atoms with E-state index in [1.165, 1.54) is 19.2 Å². The molecule has 0 aliphatic heterocycles. The van der Waals surface area contributed by atoms with Crippen molar-refractivity contribution in [2.45, 2.75) is 24.0 Å². The summed E-state index contributed by atoms with van der Waals surface area (Å²) in [6.45, 7) is 1.99. The fourth-order valence-corrected chi connectivity index (χ4v) is 2.30. The highest BCUT2D eigenvalue weighted by Gasteiger charge is 2.15. The Morgan fingerprint density at radius 2 is 1.85 bits per heavy atom. The molecule has 1 aromatic rings. The Kier molecular flexibility index (Phi) is 5.67. The number of nitrogens with one attached hydrogen (secondary N) is 2. The summed E-state index contributed by atoms with van der Waals surface area (Å²) in [6.07, 6.45) is 0.0430. The molecule has 112 valence electrons. The standard InChI is InChI=1S/C13H20N2O4S/c1-9(15-8-12(16)13(17)14-2)10-4-6-11(7-5-10)20(3,18)19/h4-7,9,12,15-16H,8H2,1-3H3,(H,14,17)/t9-,12+/m0/s1. The van der Waals surface area contributed by atoms with Crippen molar-refractivity contribution in [1.29, 1.82) is 0 Å². The summed E-state index contributed by atoms with van der Waals surface area (Å²) < 4.78 is 22.7. The van der Waals surface area contributed by atoms with E-state index in [0.29, 0.717) is 0 Å². The second kappa shape index (κ2) is 6.83. The minimum Gasteiger partial charge on any atom is -0.382 e. The van der Waals surface area contributed by atoms with Gasteiger partial charge in [0.1, 0.15) is 6.10 Å². The molecule has 0 saturated heterocycles. The van der Waals surface area contributed by atoms with Crippen LogP contribution in [0.15, 0.2) is 29.2 Å². The summed E-state index contributed by atoms with van der Waals surface area (Å²) in [6, 6.07) is 6.39. The second-order valence-electron chi connectivity index (χ2n) is 4.60. The smallest absolute Gasteiger partial charge is 0.249 e. The third kappa shape index (κ3) is 4.59. The minimum atomic E-state index is -3.20. The first-order valence-corrected chi connectivity index (χ1v) is 8.08. The first kappa shape index (κ1) is 16.6. The van der Waals surface area contributed by atoms with Crippen LogP contribution >= 0.6 is 0 Å². The summed E-state index contributed by atoms with van der Waals surface area (Å²) in [5.41, 5.74) is 0.876. The van der Waals surface area contributed by atoms with Crippen LogP contribution in [0.25, 0.3) is 0 Å². The van der Waals surface area contributed by atoms with Gasteiger partial charge in [-0.1, -0.05) is 12.1 Å². The maximum Gasteiger partial charge on any atom is 0.249 e. The van der Waals surface area contributed by atoms with E-state index >= 15 is 0 Å². The molecular weight excluding hydrogens is 280 g/mol. The van der Waals surface area contributed by atoms with Crippen molar-refractivity contribution >= 4 is 15.7 Å². The summed E-state index contributed by atoms with van der Waals surface area (Å²) >= 11 is 0. The molecule has 2 atom stereocenters. The van der Waals surface area contributed by atoms with Crippen molar-refractivity contribution in [3.63, 3.8) is 0 Å². The number of benzene rings is 1. The first-order chi connectivity index (χ1) is 9.25. The number of rotatable bonds is 6. The van der Waals surface area contributed by atoms with E-state index in [9.17, 15) is 18.3 Å². The van der Waals surface area contributed by atoms with Crippen LogP contribution in [0.5, 0.6) is 0 Å². The summed E-state index contributed by atoms with van der Waals surface area (Å²) in [7, 11) is -1.74. The van der Waals surface area contributed by atoms with Gasteiger partial charge in [-0.15, -0.1) is 0 Å². The number of amides is 1. The zero-order valence-electron chi connectivity index (χ0n) is 11.8. The monoisotopic (exact) mass is 300 g/mol. The highest BCUT2D eigenvalue weighted by Crippen LogP contribution is 2.16. The predicted octanol–water partition coefficient (Wildman–Crippen LogP) is -0.152. The zero-order valence-corrected chi connectivity index (χ0v) is 12.6. The van der Waals surface area contributed by atoms with Crippen LogP contribution in [0.1, 0.15) is 18.5 Å². The molecule has 0 aliphatic rings. The van der Waals surface area contributed by atoms with Crippen molar-refractivity contribution in [1.82, 2.24) is 10.6 Å². The summed E-state index contributed by atoms with van der Waals surface area (Å²) in [5.74, 6) is -0.447. The van der Waals surface area contributed by atoms with Gasteiger partial charge in [0.15, 0.2) is 9.84 Å². The van der Waals surface area contributed by atoms with Gasteiger partial charge >= 0.3 is 0 Å². The number of aliphatic hydroxyl groups is 1. The van der Waals surface area contributed by atoms with Crippen LogP contribution in [-0.2, 0) is 14.6 Å². The molecule has 0 bridgehead atoms. The molecule has 0 unspecified atom stereocenters. The lowest BCUT2D eigenvalue weighted by Crippen LogP contribution is -2.40. The van der Waals surface area contributed by atoms with Gasteiger partial charge in [-0.25, -0.2) is 8.42 Å². The third-order valence-corrected chi connectivity index (χ3v) is 4.10. The van der Waals surface area contributed by atoms with E-state index in [1.54, 1.807) is 12.1 Å². The molecular formula is C13H20N2O4S. The van der Waals surface area contributed by atoms with Crippen LogP contribution in [0.2, 0.25) is 0 Å². The van der Waals surface area contributed by atoms with E-state index in [-0.39, 0.29) is 17.5 Å². The zero-order chi connectivity index (χ0) is 15.3. The lowest BCUT2D eigenvalue weighted by molar-refractivity contribution is -0.128. The lowest BCUT2D eigenvalue weighted by Gasteiger charge is -2.17. The number of aliphatic hydroxyl groups excluding tert-OH is 1. The Hall–Kier alpha value is -1.44. The number of hydrogen-bond acceptors (Lipinski definition) is 5. The van der Waals surface area contributed by atoms with Gasteiger partial charge < -0.3 is 15.7 Å². The Bertz CT molecular complexity index is 554. The van der Waals surface area contributed by atoms with Crippen LogP contribution in [0, 0.1) is 0 Å². The van der Waals surface area contributed by atoms with Crippen LogP contribution < -0.4 is 10.6 Å². The van der Waals surface area contributed by atoms with Crippen molar-refractivity contribution in [2.75, 3.05) is 19.8 Å². The second-order valence-corrected chi connectivity index (χ2v) is 6.62. The molecule has 0 heterocycles. The molecule has 0 spiro atoms. The average Bonchev–Trinajstić information content (AvgIpc) is 2.42. The molecule has 0 aliphatic carbocycles. The van der Waals surface area contributed by atoms with Gasteiger partial charge in [-0.3, -0.25) is 4.79 Å². The molecule has 1 rings (SSSR count). The van der Waals surface area contributed by atoms with Crippen molar-refractivity contribution < 1.29 is 18.3 Å². The van der Waals surface area contributed by atoms with Crippen molar-refractivity contribution in [2.24, 2.45) is 0 Å². The first-order valence-electron chi connectivity index (χ1n) is 6.18. The predicted molar refractivity (Wildman–Crippen MR) is 76.0 cm³/mol. The Morgan fingerprint density at radius 1 is 1.30 bits per heavy atom. The van der Waals surface area contributed by atoms with Gasteiger partial charge in [0.25, 0.3) is 0 Å². The van der Waals surface area contributed by atoms with E-state index in [2.05, 4.69) is 10.6 Å². The van der Waals surface area contributed by atoms with E-state index in [1.807, 2.05) is 6.92 Å². The van der Waals surface area contributed by atoms with Crippen LogP contribution in [0.4, 0.5) is 0 Å². The molecule has 3 N–H and O–H groups in total. The number of likely N-dealkylation sites (N-methyl/N-ethyl adjacent to an activating group) is 1. The minimum absolute atomic E-state index is 0.108. The molecule has 0 aromatic heterocycles. The topological polar surface area (TPSA) is 95.5 Å². The lowest BCUT2D eigenvalue weighted by atomic mass is 10.1. The maximum absolute atomic E-state index is 11.3. The third-order valence-electron chi connectivity index (χ3n) is 2.97. The van der Waals surface area contributed by atoms with Crippen molar-refractivity contribution in [3.05, 3.63) is 29.8 Å². The largest absolute Gasteiger partial charge is 0.382 e. The number of carbonyl (C=O) groups is 1. The summed E-state index contributed by atoms with van der Waals surface area (Å²) in [4.78, 5) is 11.4. The summed E-state index contributed by atoms with van der Waals surface area (Å²) in [5, 5.41) is 14.9. The Morgan fingerprint density at radius 3 is 2.30 bits per heavy atom. The van der Waals surface area contributed by atoms with E-state index in [4.69, 9.17) is 0 Å². The highest BCUT2D eigenvalue weighted by atomic mass is 32.2. The van der Waals surface area contributed by atoms with Gasteiger partial charge in [-0.05, 0) is 24.6 Å². The molecule has 0 saturated carbocycles. The molecule has 0 fully saturated rings. The van der Waals surface area contributed by atoms with Gasteiger partial charge in [0, 0.05) is 25.9 Å². The fraction of sp³-hybridized carbons (Fsp3) is 0.462. The van der Waals surface area contributed by atoms with Gasteiger partial charge in [0.2, 0.25) is 5.91 Å². The van der Waals surface area contributed by atoms with E-state index in [0.717, 1.165) is 11.8 Å². The van der Waals surface area contributed by atoms with Crippen LogP contribution in [-0.4, -0.2) is 45.4 Å². The average molecular weight is 300 g/mol. The molecule has 6 nitrogen and oxygen atoms in total. The maximum atomic E-state index is 11.3. The molecule has 20 heavy (non-hydrogen) atoms. The van der Waals surface area contributed by atoms with Gasteiger partial charge in [-0.2, -0.15) is 0 Å². The normalized spacial score (nSPS) is 14.6. The molecule has 0 radical (unpaired) electrons. The highest BCUT2D eigenvalue weighted by molar-refractivity contribution is 7.90. The molecule has 1 amide bonds. The Labute approximate surface area is 119 Å². The fourth-order valence-electron chi connectivity index (χ4n) is 1.67. The van der Waals surface area contributed by atoms with Crippen molar-refractivity contribution in [3.8, 4) is 0 Å². The number of carbonyl (C=O) groups excluding carboxylic acids is 1. The quantitative estimate of drug-likeness (QED) is 0.679. The molecule has 7 heteroatoms.